The van der Waals surface area contributed by atoms with Gasteiger partial charge in [-0.25, -0.2) is 4.98 Å². The maximum Gasteiger partial charge on any atom is 0.226 e. The van der Waals surface area contributed by atoms with Crippen molar-refractivity contribution >= 4 is 28.6 Å². The molecule has 0 bridgehead atoms. The molecule has 0 spiro atoms. The highest BCUT2D eigenvalue weighted by Gasteiger charge is 2.31. The average Bonchev–Trinajstić information content (AvgIpc) is 3.19. The third-order valence-electron chi connectivity index (χ3n) is 5.02. The van der Waals surface area contributed by atoms with Crippen molar-refractivity contribution in [3.05, 3.63) is 26.9 Å². The molecule has 0 saturated carbocycles. The third kappa shape index (κ3) is 3.15. The van der Waals surface area contributed by atoms with Crippen molar-refractivity contribution in [1.82, 2.24) is 15.2 Å². The summed E-state index contributed by atoms with van der Waals surface area (Å²) in [5.41, 5.74) is 2.41. The first-order chi connectivity index (χ1) is 11.6. The van der Waals surface area contributed by atoms with E-state index in [2.05, 4.69) is 33.6 Å². The minimum absolute atomic E-state index is 0.196. The molecule has 4 heterocycles. The number of aromatic nitrogens is 1. The van der Waals surface area contributed by atoms with Gasteiger partial charge in [-0.3, -0.25) is 4.79 Å². The number of hydrogen-bond donors (Lipinski definition) is 1. The molecule has 2 aliphatic heterocycles. The summed E-state index contributed by atoms with van der Waals surface area (Å²) in [4.78, 5) is 22.2. The number of carbonyl (C=O) groups is 1. The van der Waals surface area contributed by atoms with Crippen LogP contribution >= 0.6 is 22.7 Å². The van der Waals surface area contributed by atoms with Crippen molar-refractivity contribution in [2.45, 2.75) is 45.7 Å². The van der Waals surface area contributed by atoms with E-state index in [1.165, 1.54) is 15.3 Å². The first-order valence-electron chi connectivity index (χ1n) is 8.66. The maximum atomic E-state index is 12.9. The quantitative estimate of drug-likeness (QED) is 0.891. The molecule has 24 heavy (non-hydrogen) atoms. The first kappa shape index (κ1) is 16.2. The van der Waals surface area contributed by atoms with Gasteiger partial charge in [0, 0.05) is 35.3 Å². The number of hydrogen-bond acceptors (Lipinski definition) is 5. The predicted octanol–water partition coefficient (Wildman–Crippen LogP) is 3.45. The zero-order chi connectivity index (χ0) is 16.7. The van der Waals surface area contributed by atoms with Crippen LogP contribution in [0.5, 0.6) is 0 Å². The van der Waals surface area contributed by atoms with E-state index < -0.39 is 0 Å². The van der Waals surface area contributed by atoms with Crippen LogP contribution in [-0.2, 0) is 17.8 Å². The van der Waals surface area contributed by atoms with Crippen LogP contribution in [-0.4, -0.2) is 34.9 Å². The largest absolute Gasteiger partial charge is 0.338 e. The summed E-state index contributed by atoms with van der Waals surface area (Å²) in [6.07, 6.45) is 2.92. The van der Waals surface area contributed by atoms with Gasteiger partial charge in [0.1, 0.15) is 0 Å². The Morgan fingerprint density at radius 1 is 1.46 bits per heavy atom. The Balaban J connectivity index is 1.49. The first-order valence-corrected chi connectivity index (χ1v) is 10.4. The van der Waals surface area contributed by atoms with Gasteiger partial charge in [-0.05, 0) is 51.3 Å². The maximum absolute atomic E-state index is 12.9. The van der Waals surface area contributed by atoms with Crippen molar-refractivity contribution in [3.63, 3.8) is 0 Å². The summed E-state index contributed by atoms with van der Waals surface area (Å²) < 4.78 is 0. The molecule has 1 amide bonds. The average molecular weight is 362 g/mol. The molecule has 0 aromatic carbocycles. The number of piperidine rings is 1. The lowest BCUT2D eigenvalue weighted by Gasteiger charge is -2.34. The lowest BCUT2D eigenvalue weighted by molar-refractivity contribution is -0.137. The molecule has 2 aromatic heterocycles. The molecule has 2 aromatic rings. The van der Waals surface area contributed by atoms with E-state index in [4.69, 9.17) is 0 Å². The number of rotatable bonds is 2. The number of fused-ring (bicyclic) bond motifs is 1. The fourth-order valence-corrected chi connectivity index (χ4v) is 5.55. The van der Waals surface area contributed by atoms with Crippen molar-refractivity contribution < 1.29 is 4.79 Å². The standard InChI is InChI=1S/C18H23N3OS2/c1-11-7-13(3-5-19-11)18(22)21-6-4-16-14(9-21)8-17(24-16)15-10-23-12(2)20-15/h8,10-11,13,19H,3-7,9H2,1-2H3/t11-,13-/m0/s1. The predicted molar refractivity (Wildman–Crippen MR) is 99.5 cm³/mol. The van der Waals surface area contributed by atoms with E-state index in [0.29, 0.717) is 11.9 Å². The van der Waals surface area contributed by atoms with Crippen LogP contribution in [0.3, 0.4) is 0 Å². The second-order valence-electron chi connectivity index (χ2n) is 6.90. The Kier molecular flexibility index (Phi) is 4.45. The molecule has 4 nitrogen and oxygen atoms in total. The Morgan fingerprint density at radius 3 is 3.08 bits per heavy atom. The normalized spacial score (nSPS) is 24.0. The van der Waals surface area contributed by atoms with Crippen LogP contribution in [0.4, 0.5) is 0 Å². The van der Waals surface area contributed by atoms with E-state index in [-0.39, 0.29) is 5.92 Å². The van der Waals surface area contributed by atoms with Gasteiger partial charge in [0.15, 0.2) is 0 Å². The molecular formula is C18H23N3OS2. The lowest BCUT2D eigenvalue weighted by Crippen LogP contribution is -2.45. The van der Waals surface area contributed by atoms with Gasteiger partial charge < -0.3 is 10.2 Å². The summed E-state index contributed by atoms with van der Waals surface area (Å²) in [5.74, 6) is 0.549. The highest BCUT2D eigenvalue weighted by atomic mass is 32.1. The molecule has 0 unspecified atom stereocenters. The molecule has 1 fully saturated rings. The molecule has 6 heteroatoms. The van der Waals surface area contributed by atoms with Gasteiger partial charge >= 0.3 is 0 Å². The number of thiophene rings is 1. The Labute approximate surface area is 150 Å². The molecule has 2 aliphatic rings. The number of amides is 1. The van der Waals surface area contributed by atoms with Crippen molar-refractivity contribution in [1.29, 1.82) is 0 Å². The molecule has 0 radical (unpaired) electrons. The monoisotopic (exact) mass is 361 g/mol. The molecule has 1 N–H and O–H groups in total. The van der Waals surface area contributed by atoms with Crippen LogP contribution in [0.15, 0.2) is 11.4 Å². The molecule has 2 atom stereocenters. The Hall–Kier alpha value is -1.24. The van der Waals surface area contributed by atoms with Gasteiger partial charge in [-0.15, -0.1) is 22.7 Å². The number of aryl methyl sites for hydroxylation is 1. The van der Waals surface area contributed by atoms with Crippen LogP contribution in [0.25, 0.3) is 10.6 Å². The molecule has 128 valence electrons. The topological polar surface area (TPSA) is 45.2 Å². The van der Waals surface area contributed by atoms with Crippen molar-refractivity contribution in [3.8, 4) is 10.6 Å². The van der Waals surface area contributed by atoms with Crippen LogP contribution in [0.2, 0.25) is 0 Å². The van der Waals surface area contributed by atoms with Gasteiger partial charge in [-0.1, -0.05) is 0 Å². The SMILES string of the molecule is Cc1nc(-c2cc3c(s2)CCN(C(=O)[C@H]2CCN[C@@H](C)C2)C3)cs1. The van der Waals surface area contributed by atoms with E-state index in [1.54, 1.807) is 11.3 Å². The minimum Gasteiger partial charge on any atom is -0.338 e. The van der Waals surface area contributed by atoms with E-state index in [9.17, 15) is 4.79 Å². The molecule has 1 saturated heterocycles. The highest BCUT2D eigenvalue weighted by molar-refractivity contribution is 7.16. The summed E-state index contributed by atoms with van der Waals surface area (Å²) in [7, 11) is 0. The molecular weight excluding hydrogens is 338 g/mol. The van der Waals surface area contributed by atoms with E-state index in [1.807, 2.05) is 18.3 Å². The lowest BCUT2D eigenvalue weighted by atomic mass is 9.91. The second kappa shape index (κ2) is 6.58. The highest BCUT2D eigenvalue weighted by Crippen LogP contribution is 2.35. The smallest absolute Gasteiger partial charge is 0.226 e. The van der Waals surface area contributed by atoms with Crippen molar-refractivity contribution in [2.24, 2.45) is 5.92 Å². The Bertz CT molecular complexity index is 751. The summed E-state index contributed by atoms with van der Waals surface area (Å²) in [5, 5.41) is 6.67. The zero-order valence-electron chi connectivity index (χ0n) is 14.2. The van der Waals surface area contributed by atoms with E-state index >= 15 is 0 Å². The van der Waals surface area contributed by atoms with Gasteiger partial charge in [-0.2, -0.15) is 0 Å². The number of carbonyl (C=O) groups excluding carboxylic acids is 1. The fourth-order valence-electron chi connectivity index (χ4n) is 3.74. The number of thiazole rings is 1. The van der Waals surface area contributed by atoms with Crippen LogP contribution < -0.4 is 5.32 Å². The van der Waals surface area contributed by atoms with Gasteiger partial charge in [0.05, 0.1) is 15.6 Å². The third-order valence-corrected chi connectivity index (χ3v) is 7.06. The summed E-state index contributed by atoms with van der Waals surface area (Å²) >= 11 is 3.54. The fraction of sp³-hybridized carbons (Fsp3) is 0.556. The summed E-state index contributed by atoms with van der Waals surface area (Å²) in [6.45, 7) is 6.81. The zero-order valence-corrected chi connectivity index (χ0v) is 15.8. The van der Waals surface area contributed by atoms with Crippen LogP contribution in [0.1, 0.15) is 35.2 Å². The number of nitrogens with one attached hydrogen (secondary N) is 1. The second-order valence-corrected chi connectivity index (χ2v) is 9.10. The van der Waals surface area contributed by atoms with Gasteiger partial charge in [0.2, 0.25) is 5.91 Å². The molecule has 4 rings (SSSR count). The summed E-state index contributed by atoms with van der Waals surface area (Å²) in [6, 6.07) is 2.70. The number of nitrogens with zero attached hydrogens (tertiary/aromatic N) is 2. The minimum atomic E-state index is 0.196. The van der Waals surface area contributed by atoms with E-state index in [0.717, 1.165) is 49.6 Å². The molecule has 0 aliphatic carbocycles. The van der Waals surface area contributed by atoms with Crippen molar-refractivity contribution in [2.75, 3.05) is 13.1 Å². The van der Waals surface area contributed by atoms with Gasteiger partial charge in [0.25, 0.3) is 0 Å². The Morgan fingerprint density at radius 2 is 2.33 bits per heavy atom. The van der Waals surface area contributed by atoms with Crippen LogP contribution in [0, 0.1) is 12.8 Å².